The van der Waals surface area contributed by atoms with Gasteiger partial charge in [-0.25, -0.2) is 0 Å². The topological polar surface area (TPSA) is 79.8 Å². The number of imide groups is 1. The maximum Gasteiger partial charge on any atom is 0.260 e. The van der Waals surface area contributed by atoms with Crippen LogP contribution in [0.1, 0.15) is 12.8 Å². The Morgan fingerprint density at radius 1 is 1.29 bits per heavy atom. The number of nitrogens with zero attached hydrogens (tertiary/aromatic N) is 3. The van der Waals surface area contributed by atoms with Crippen LogP contribution in [-0.2, 0) is 14.4 Å². The fourth-order valence-electron chi connectivity index (χ4n) is 2.49. The van der Waals surface area contributed by atoms with Crippen LogP contribution in [0.2, 0.25) is 0 Å². The molecule has 1 aromatic rings. The predicted molar refractivity (Wildman–Crippen MR) is 71.2 cm³/mol. The Hall–Kier alpha value is -2.44. The van der Waals surface area contributed by atoms with E-state index in [1.807, 2.05) is 0 Å². The molecule has 0 atom stereocenters. The van der Waals surface area contributed by atoms with Gasteiger partial charge in [0.15, 0.2) is 6.61 Å². The summed E-state index contributed by atoms with van der Waals surface area (Å²) in [7, 11) is 0. The van der Waals surface area contributed by atoms with Crippen molar-refractivity contribution in [3.8, 4) is 5.75 Å². The zero-order valence-corrected chi connectivity index (χ0v) is 11.4. The molecule has 3 amide bonds. The van der Waals surface area contributed by atoms with E-state index in [4.69, 9.17) is 4.74 Å². The highest BCUT2D eigenvalue weighted by Gasteiger charge is 2.42. The predicted octanol–water partition coefficient (Wildman–Crippen LogP) is -0.180. The molecule has 1 aromatic heterocycles. The minimum absolute atomic E-state index is 0.0691. The van der Waals surface area contributed by atoms with Crippen molar-refractivity contribution in [3.63, 3.8) is 0 Å². The molecule has 0 spiro atoms. The van der Waals surface area contributed by atoms with Crippen LogP contribution in [0.25, 0.3) is 0 Å². The minimum Gasteiger partial charge on any atom is -0.482 e. The van der Waals surface area contributed by atoms with E-state index in [9.17, 15) is 14.4 Å². The van der Waals surface area contributed by atoms with Gasteiger partial charge < -0.3 is 9.64 Å². The minimum atomic E-state index is -0.171. The molecule has 0 aliphatic carbocycles. The van der Waals surface area contributed by atoms with Gasteiger partial charge in [0.25, 0.3) is 5.91 Å². The van der Waals surface area contributed by atoms with Gasteiger partial charge in [0.1, 0.15) is 5.75 Å². The molecular weight excluding hydrogens is 274 g/mol. The zero-order valence-electron chi connectivity index (χ0n) is 11.4. The molecule has 2 fully saturated rings. The molecular formula is C14H15N3O4. The van der Waals surface area contributed by atoms with Crippen LogP contribution in [0.5, 0.6) is 5.75 Å². The normalized spacial score (nSPS) is 18.9. The average molecular weight is 289 g/mol. The number of carbonyl (C=O) groups is 3. The van der Waals surface area contributed by atoms with E-state index in [0.717, 1.165) is 0 Å². The Bertz CT molecular complexity index is 553. The molecule has 7 heteroatoms. The third-order valence-corrected chi connectivity index (χ3v) is 3.67. The van der Waals surface area contributed by atoms with Gasteiger partial charge in [0.2, 0.25) is 11.8 Å². The molecule has 2 aliphatic heterocycles. The van der Waals surface area contributed by atoms with Gasteiger partial charge in [-0.05, 0) is 12.1 Å². The molecule has 0 radical (unpaired) electrons. The lowest BCUT2D eigenvalue weighted by atomic mass is 10.1. The Morgan fingerprint density at radius 2 is 2.00 bits per heavy atom. The van der Waals surface area contributed by atoms with E-state index in [-0.39, 0.29) is 43.2 Å². The number of carbonyl (C=O) groups excluding carboxylic acids is 3. The number of rotatable bonds is 4. The summed E-state index contributed by atoms with van der Waals surface area (Å²) in [4.78, 5) is 41.8. The summed E-state index contributed by atoms with van der Waals surface area (Å²) in [6.07, 6.45) is 3.73. The summed E-state index contributed by atoms with van der Waals surface area (Å²) in [6.45, 7) is 0.722. The molecule has 0 unspecified atom stereocenters. The van der Waals surface area contributed by atoms with Crippen LogP contribution >= 0.6 is 0 Å². The van der Waals surface area contributed by atoms with Crippen molar-refractivity contribution in [1.82, 2.24) is 14.8 Å². The lowest BCUT2D eigenvalue weighted by Gasteiger charge is -2.42. The maximum absolute atomic E-state index is 11.9. The van der Waals surface area contributed by atoms with Crippen molar-refractivity contribution in [2.75, 3.05) is 19.7 Å². The largest absolute Gasteiger partial charge is 0.482 e. The summed E-state index contributed by atoms with van der Waals surface area (Å²) >= 11 is 0. The van der Waals surface area contributed by atoms with Crippen molar-refractivity contribution in [2.45, 2.75) is 18.9 Å². The van der Waals surface area contributed by atoms with Crippen molar-refractivity contribution in [2.24, 2.45) is 0 Å². The highest BCUT2D eigenvalue weighted by atomic mass is 16.5. The molecule has 3 rings (SSSR count). The number of ether oxygens (including phenoxy) is 1. The summed E-state index contributed by atoms with van der Waals surface area (Å²) in [5.41, 5.74) is 0. The van der Waals surface area contributed by atoms with E-state index >= 15 is 0 Å². The average Bonchev–Trinajstić information content (AvgIpc) is 2.77. The monoisotopic (exact) mass is 289 g/mol. The molecule has 0 saturated carbocycles. The van der Waals surface area contributed by atoms with Gasteiger partial charge in [-0.1, -0.05) is 0 Å². The number of pyridine rings is 1. The first-order chi connectivity index (χ1) is 10.1. The van der Waals surface area contributed by atoms with Crippen molar-refractivity contribution < 1.29 is 19.1 Å². The molecule has 0 N–H and O–H groups in total. The van der Waals surface area contributed by atoms with Gasteiger partial charge in [0, 0.05) is 32.1 Å². The standard InChI is InChI=1S/C14H15N3O4/c18-12-3-4-13(19)17(12)10-7-16(8-10)14(20)9-21-11-2-1-5-15-6-11/h1-2,5-6,10H,3-4,7-9H2. The molecule has 3 heterocycles. The summed E-state index contributed by atoms with van der Waals surface area (Å²) in [5.74, 6) is 0.106. The Kier molecular flexibility index (Phi) is 3.55. The van der Waals surface area contributed by atoms with E-state index in [2.05, 4.69) is 4.98 Å². The third-order valence-electron chi connectivity index (χ3n) is 3.67. The molecule has 2 aliphatic rings. The van der Waals surface area contributed by atoms with E-state index in [1.165, 1.54) is 11.1 Å². The molecule has 2 saturated heterocycles. The van der Waals surface area contributed by atoms with E-state index in [0.29, 0.717) is 18.8 Å². The Morgan fingerprint density at radius 3 is 2.62 bits per heavy atom. The summed E-state index contributed by atoms with van der Waals surface area (Å²) < 4.78 is 5.33. The van der Waals surface area contributed by atoms with Gasteiger partial charge in [0.05, 0.1) is 12.2 Å². The highest BCUT2D eigenvalue weighted by Crippen LogP contribution is 2.22. The first-order valence-corrected chi connectivity index (χ1v) is 6.80. The Balaban J connectivity index is 1.46. The summed E-state index contributed by atoms with van der Waals surface area (Å²) in [5, 5.41) is 0. The highest BCUT2D eigenvalue weighted by molar-refractivity contribution is 6.02. The van der Waals surface area contributed by atoms with Crippen LogP contribution in [-0.4, -0.2) is 58.2 Å². The SMILES string of the molecule is O=C(COc1cccnc1)N1CC(N2C(=O)CCC2=O)C1. The smallest absolute Gasteiger partial charge is 0.260 e. The Labute approximate surface area is 121 Å². The van der Waals surface area contributed by atoms with E-state index < -0.39 is 0 Å². The van der Waals surface area contributed by atoms with Gasteiger partial charge in [-0.15, -0.1) is 0 Å². The number of hydrogen-bond acceptors (Lipinski definition) is 5. The molecule has 0 aromatic carbocycles. The van der Waals surface area contributed by atoms with Gasteiger partial charge >= 0.3 is 0 Å². The molecule has 110 valence electrons. The van der Waals surface area contributed by atoms with Crippen LogP contribution in [0, 0.1) is 0 Å². The number of aromatic nitrogens is 1. The third kappa shape index (κ3) is 2.72. The lowest BCUT2D eigenvalue weighted by molar-refractivity contribution is -0.152. The number of likely N-dealkylation sites (tertiary alicyclic amines) is 2. The first-order valence-electron chi connectivity index (χ1n) is 6.80. The zero-order chi connectivity index (χ0) is 14.8. The number of hydrogen-bond donors (Lipinski definition) is 0. The number of amides is 3. The second-order valence-electron chi connectivity index (χ2n) is 5.09. The fourth-order valence-corrected chi connectivity index (χ4v) is 2.49. The van der Waals surface area contributed by atoms with E-state index in [1.54, 1.807) is 23.2 Å². The van der Waals surface area contributed by atoms with Crippen molar-refractivity contribution >= 4 is 17.7 Å². The molecule has 0 bridgehead atoms. The fraction of sp³-hybridized carbons (Fsp3) is 0.429. The van der Waals surface area contributed by atoms with Crippen LogP contribution in [0.3, 0.4) is 0 Å². The van der Waals surface area contributed by atoms with Gasteiger partial charge in [-0.3, -0.25) is 24.3 Å². The van der Waals surface area contributed by atoms with Crippen molar-refractivity contribution in [1.29, 1.82) is 0 Å². The van der Waals surface area contributed by atoms with Crippen LogP contribution in [0.4, 0.5) is 0 Å². The second-order valence-corrected chi connectivity index (χ2v) is 5.09. The summed E-state index contributed by atoms with van der Waals surface area (Å²) in [6, 6.07) is 3.28. The van der Waals surface area contributed by atoms with Crippen LogP contribution < -0.4 is 4.74 Å². The lowest BCUT2D eigenvalue weighted by Crippen LogP contribution is -2.62. The maximum atomic E-state index is 11.9. The molecule has 7 nitrogen and oxygen atoms in total. The van der Waals surface area contributed by atoms with Crippen LogP contribution in [0.15, 0.2) is 24.5 Å². The van der Waals surface area contributed by atoms with Gasteiger partial charge in [-0.2, -0.15) is 0 Å². The second kappa shape index (κ2) is 5.51. The first kappa shape index (κ1) is 13.5. The van der Waals surface area contributed by atoms with Crippen molar-refractivity contribution in [3.05, 3.63) is 24.5 Å². The quantitative estimate of drug-likeness (QED) is 0.718. The molecule has 21 heavy (non-hydrogen) atoms.